The van der Waals surface area contributed by atoms with Gasteiger partial charge in [0.15, 0.2) is 0 Å². The molecule has 0 aliphatic heterocycles. The van der Waals surface area contributed by atoms with Crippen LogP contribution in [0.4, 0.5) is 11.6 Å². The van der Waals surface area contributed by atoms with Crippen LogP contribution < -0.4 is 10.2 Å². The number of anilines is 2. The van der Waals surface area contributed by atoms with E-state index in [0.29, 0.717) is 17.2 Å². The van der Waals surface area contributed by atoms with Crippen molar-refractivity contribution in [3.8, 4) is 0 Å². The molecule has 2 rings (SSSR count). The molecule has 6 heteroatoms. The molecule has 2 heterocycles. The van der Waals surface area contributed by atoms with Crippen LogP contribution in [0.5, 0.6) is 0 Å². The maximum absolute atomic E-state index is 12.0. The number of nitrogens with zero attached hydrogens (tertiary/aromatic N) is 3. The van der Waals surface area contributed by atoms with Gasteiger partial charge in [0.1, 0.15) is 11.6 Å². The standard InChI is InChI=1S/C11H13N5O/c1-16(2)10-8(4-3-6-12-10)11(17)14-9-5-7-13-15-9/h3-7H,1-2H3,(H2,13,14,15,17). The smallest absolute Gasteiger partial charge is 0.260 e. The van der Waals surface area contributed by atoms with Gasteiger partial charge in [-0.1, -0.05) is 0 Å². The first-order valence-electron chi connectivity index (χ1n) is 5.11. The van der Waals surface area contributed by atoms with Gasteiger partial charge in [-0.25, -0.2) is 4.98 Å². The Hall–Kier alpha value is -2.37. The Morgan fingerprint density at radius 2 is 2.18 bits per heavy atom. The van der Waals surface area contributed by atoms with Crippen LogP contribution in [0.3, 0.4) is 0 Å². The van der Waals surface area contributed by atoms with Crippen molar-refractivity contribution in [1.82, 2.24) is 15.2 Å². The Balaban J connectivity index is 2.25. The fourth-order valence-corrected chi connectivity index (χ4v) is 1.45. The minimum Gasteiger partial charge on any atom is -0.362 e. The van der Waals surface area contributed by atoms with Gasteiger partial charge in [-0.2, -0.15) is 5.10 Å². The molecular formula is C11H13N5O. The number of pyridine rings is 1. The number of nitrogens with one attached hydrogen (secondary N) is 2. The fraction of sp³-hybridized carbons (Fsp3) is 0.182. The molecule has 0 saturated heterocycles. The topological polar surface area (TPSA) is 73.9 Å². The van der Waals surface area contributed by atoms with Gasteiger partial charge < -0.3 is 10.2 Å². The summed E-state index contributed by atoms with van der Waals surface area (Å²) >= 11 is 0. The molecule has 2 N–H and O–H groups in total. The van der Waals surface area contributed by atoms with Crippen molar-refractivity contribution < 1.29 is 4.79 Å². The summed E-state index contributed by atoms with van der Waals surface area (Å²) in [5.41, 5.74) is 0.520. The Morgan fingerprint density at radius 1 is 1.35 bits per heavy atom. The van der Waals surface area contributed by atoms with Crippen LogP contribution in [0.25, 0.3) is 0 Å². The predicted octanol–water partition coefficient (Wildman–Crippen LogP) is 1.12. The Bertz CT molecular complexity index is 506. The molecule has 0 aromatic carbocycles. The van der Waals surface area contributed by atoms with E-state index >= 15 is 0 Å². The molecule has 0 radical (unpaired) electrons. The van der Waals surface area contributed by atoms with E-state index in [1.165, 1.54) is 0 Å². The highest BCUT2D eigenvalue weighted by molar-refractivity contribution is 6.07. The predicted molar refractivity (Wildman–Crippen MR) is 65.1 cm³/mol. The molecule has 0 unspecified atom stereocenters. The van der Waals surface area contributed by atoms with Crippen molar-refractivity contribution in [2.45, 2.75) is 0 Å². The third-order valence-corrected chi connectivity index (χ3v) is 2.20. The van der Waals surface area contributed by atoms with Gasteiger partial charge in [0.2, 0.25) is 0 Å². The lowest BCUT2D eigenvalue weighted by molar-refractivity contribution is 0.102. The lowest BCUT2D eigenvalue weighted by Crippen LogP contribution is -2.19. The summed E-state index contributed by atoms with van der Waals surface area (Å²) in [6.07, 6.45) is 3.23. The van der Waals surface area contributed by atoms with E-state index in [1.54, 1.807) is 35.5 Å². The van der Waals surface area contributed by atoms with Crippen molar-refractivity contribution in [1.29, 1.82) is 0 Å². The van der Waals surface area contributed by atoms with Gasteiger partial charge in [-0.05, 0) is 12.1 Å². The first-order valence-corrected chi connectivity index (χ1v) is 5.11. The fourth-order valence-electron chi connectivity index (χ4n) is 1.45. The number of carbonyl (C=O) groups is 1. The van der Waals surface area contributed by atoms with E-state index in [1.807, 2.05) is 14.1 Å². The molecule has 0 saturated carbocycles. The summed E-state index contributed by atoms with van der Waals surface area (Å²) in [5.74, 6) is 0.971. The Labute approximate surface area is 98.7 Å². The highest BCUT2D eigenvalue weighted by Gasteiger charge is 2.13. The SMILES string of the molecule is CN(C)c1ncccc1C(=O)Nc1ccn[nH]1. The second kappa shape index (κ2) is 4.65. The summed E-state index contributed by atoms with van der Waals surface area (Å²) in [6.45, 7) is 0. The van der Waals surface area contributed by atoms with E-state index in [-0.39, 0.29) is 5.91 Å². The van der Waals surface area contributed by atoms with Crippen molar-refractivity contribution in [3.05, 3.63) is 36.2 Å². The van der Waals surface area contributed by atoms with E-state index in [9.17, 15) is 4.79 Å². The zero-order valence-corrected chi connectivity index (χ0v) is 9.64. The van der Waals surface area contributed by atoms with Crippen LogP contribution in [-0.2, 0) is 0 Å². The zero-order chi connectivity index (χ0) is 12.3. The normalized spacial score (nSPS) is 10.0. The largest absolute Gasteiger partial charge is 0.362 e. The molecule has 2 aromatic rings. The van der Waals surface area contributed by atoms with Crippen LogP contribution in [0, 0.1) is 0 Å². The van der Waals surface area contributed by atoms with Crippen molar-refractivity contribution in [2.24, 2.45) is 0 Å². The maximum atomic E-state index is 12.0. The molecule has 1 amide bonds. The summed E-state index contributed by atoms with van der Waals surface area (Å²) in [5, 5.41) is 9.14. The highest BCUT2D eigenvalue weighted by atomic mass is 16.1. The summed E-state index contributed by atoms with van der Waals surface area (Å²) in [4.78, 5) is 18.0. The van der Waals surface area contributed by atoms with E-state index < -0.39 is 0 Å². The van der Waals surface area contributed by atoms with E-state index in [4.69, 9.17) is 0 Å². The molecule has 88 valence electrons. The number of carbonyl (C=O) groups excluding carboxylic acids is 1. The van der Waals surface area contributed by atoms with Crippen molar-refractivity contribution in [2.75, 3.05) is 24.3 Å². The van der Waals surface area contributed by atoms with Crippen LogP contribution >= 0.6 is 0 Å². The number of hydrogen-bond donors (Lipinski definition) is 2. The third kappa shape index (κ3) is 2.41. The molecule has 0 bridgehead atoms. The van der Waals surface area contributed by atoms with Crippen molar-refractivity contribution >= 4 is 17.5 Å². The first-order chi connectivity index (χ1) is 8.18. The first kappa shape index (κ1) is 11.1. The average molecular weight is 231 g/mol. The van der Waals surface area contributed by atoms with Crippen LogP contribution in [-0.4, -0.2) is 35.2 Å². The average Bonchev–Trinajstić information content (AvgIpc) is 2.81. The quantitative estimate of drug-likeness (QED) is 0.830. The monoisotopic (exact) mass is 231 g/mol. The Morgan fingerprint density at radius 3 is 2.82 bits per heavy atom. The van der Waals surface area contributed by atoms with Gasteiger partial charge >= 0.3 is 0 Å². The summed E-state index contributed by atoms with van der Waals surface area (Å²) in [7, 11) is 3.69. The van der Waals surface area contributed by atoms with Gasteiger partial charge in [-0.3, -0.25) is 9.89 Å². The van der Waals surface area contributed by atoms with Crippen LogP contribution in [0.15, 0.2) is 30.6 Å². The van der Waals surface area contributed by atoms with Gasteiger partial charge in [0, 0.05) is 26.4 Å². The number of amides is 1. The van der Waals surface area contributed by atoms with Gasteiger partial charge in [-0.15, -0.1) is 0 Å². The van der Waals surface area contributed by atoms with Crippen LogP contribution in [0.1, 0.15) is 10.4 Å². The van der Waals surface area contributed by atoms with Crippen molar-refractivity contribution in [3.63, 3.8) is 0 Å². The molecule has 17 heavy (non-hydrogen) atoms. The second-order valence-electron chi connectivity index (χ2n) is 3.69. The maximum Gasteiger partial charge on any atom is 0.260 e. The zero-order valence-electron chi connectivity index (χ0n) is 9.64. The second-order valence-corrected chi connectivity index (χ2v) is 3.69. The van der Waals surface area contributed by atoms with Gasteiger partial charge in [0.25, 0.3) is 5.91 Å². The van der Waals surface area contributed by atoms with E-state index in [2.05, 4.69) is 20.5 Å². The molecule has 0 aliphatic carbocycles. The minimum absolute atomic E-state index is 0.217. The van der Waals surface area contributed by atoms with Gasteiger partial charge in [0.05, 0.1) is 11.8 Å². The molecule has 0 aliphatic rings. The highest BCUT2D eigenvalue weighted by Crippen LogP contribution is 2.15. The molecule has 2 aromatic heterocycles. The number of hydrogen-bond acceptors (Lipinski definition) is 4. The lowest BCUT2D eigenvalue weighted by atomic mass is 10.2. The number of rotatable bonds is 3. The number of aromatic amines is 1. The number of H-pyrrole nitrogens is 1. The molecule has 0 spiro atoms. The lowest BCUT2D eigenvalue weighted by Gasteiger charge is -2.14. The molecule has 6 nitrogen and oxygen atoms in total. The molecular weight excluding hydrogens is 218 g/mol. The summed E-state index contributed by atoms with van der Waals surface area (Å²) in [6, 6.07) is 5.15. The Kier molecular flexibility index (Phi) is 3.04. The summed E-state index contributed by atoms with van der Waals surface area (Å²) < 4.78 is 0. The molecule has 0 atom stereocenters. The van der Waals surface area contributed by atoms with Crippen LogP contribution in [0.2, 0.25) is 0 Å². The third-order valence-electron chi connectivity index (χ3n) is 2.20. The van der Waals surface area contributed by atoms with E-state index in [0.717, 1.165) is 0 Å². The minimum atomic E-state index is -0.217. The number of aromatic nitrogens is 3. The molecule has 0 fully saturated rings.